The fourth-order valence-corrected chi connectivity index (χ4v) is 3.26. The maximum atomic E-state index is 12.4. The number of likely N-dealkylation sites (tertiary alicyclic amines) is 2. The quantitative estimate of drug-likeness (QED) is 0.751. The minimum atomic E-state index is -1.48. The number of rotatable bonds is 5. The van der Waals surface area contributed by atoms with Gasteiger partial charge in [-0.25, -0.2) is 4.79 Å². The Hall–Kier alpha value is -1.83. The molecule has 0 radical (unpaired) electrons. The molecule has 8 nitrogen and oxygen atoms in total. The van der Waals surface area contributed by atoms with Crippen LogP contribution in [-0.2, 0) is 9.59 Å². The third-order valence-corrected chi connectivity index (χ3v) is 4.62. The first-order chi connectivity index (χ1) is 11.1. The number of aliphatic hydroxyl groups is 1. The van der Waals surface area contributed by atoms with E-state index in [1.54, 1.807) is 25.7 Å². The summed E-state index contributed by atoms with van der Waals surface area (Å²) in [6, 6.07) is -0.988. The topological polar surface area (TPSA) is 101 Å². The van der Waals surface area contributed by atoms with Gasteiger partial charge in [0.15, 0.2) is 6.10 Å². The fraction of sp³-hybridized carbons (Fsp3) is 0.812. The molecule has 2 aliphatic rings. The number of aliphatic hydroxyl groups excluding tert-OH is 1. The fourth-order valence-electron chi connectivity index (χ4n) is 3.26. The maximum Gasteiger partial charge on any atom is 0.408 e. The molecule has 2 heterocycles. The van der Waals surface area contributed by atoms with Crippen molar-refractivity contribution in [2.24, 2.45) is 0 Å². The molecule has 0 spiro atoms. The molecule has 2 aliphatic heterocycles. The van der Waals surface area contributed by atoms with Crippen LogP contribution in [0.15, 0.2) is 0 Å². The predicted molar refractivity (Wildman–Crippen MR) is 86.4 cm³/mol. The Morgan fingerprint density at radius 3 is 2.21 bits per heavy atom. The van der Waals surface area contributed by atoms with E-state index in [1.165, 1.54) is 4.90 Å². The van der Waals surface area contributed by atoms with Gasteiger partial charge in [0.1, 0.15) is 0 Å². The molecule has 2 rings (SSSR count). The van der Waals surface area contributed by atoms with Crippen LogP contribution in [0.4, 0.5) is 4.79 Å². The molecule has 1 unspecified atom stereocenters. The number of carbonyl (C=O) groups excluding carboxylic acids is 2. The first-order valence-corrected chi connectivity index (χ1v) is 8.40. The molecule has 0 bridgehead atoms. The molecule has 2 atom stereocenters. The Morgan fingerprint density at radius 2 is 1.83 bits per heavy atom. The van der Waals surface area contributed by atoms with E-state index in [0.717, 1.165) is 11.3 Å². The highest BCUT2D eigenvalue weighted by Crippen LogP contribution is 2.24. The molecule has 2 saturated heterocycles. The zero-order valence-electron chi connectivity index (χ0n) is 14.6. The molecule has 8 heteroatoms. The van der Waals surface area contributed by atoms with Crippen molar-refractivity contribution in [3.63, 3.8) is 0 Å². The zero-order valence-corrected chi connectivity index (χ0v) is 14.6. The highest BCUT2D eigenvalue weighted by molar-refractivity contribution is 5.83. The molecule has 0 aromatic carbocycles. The first kappa shape index (κ1) is 18.5. The van der Waals surface area contributed by atoms with Crippen LogP contribution in [0, 0.1) is 0 Å². The minimum Gasteiger partial charge on any atom is -0.465 e. The van der Waals surface area contributed by atoms with Crippen LogP contribution in [0.5, 0.6) is 0 Å². The van der Waals surface area contributed by atoms with Crippen LogP contribution in [0.2, 0.25) is 0 Å². The van der Waals surface area contributed by atoms with Gasteiger partial charge in [-0.05, 0) is 33.6 Å². The molecular weight excluding hydrogens is 314 g/mol. The van der Waals surface area contributed by atoms with Gasteiger partial charge in [0, 0.05) is 38.1 Å². The van der Waals surface area contributed by atoms with Crippen LogP contribution in [0.25, 0.3) is 0 Å². The van der Waals surface area contributed by atoms with Gasteiger partial charge in [0.25, 0.3) is 5.91 Å². The highest BCUT2D eigenvalue weighted by atomic mass is 16.4. The summed E-state index contributed by atoms with van der Waals surface area (Å²) in [6.07, 6.45) is -0.672. The normalized spacial score (nSPS) is 20.6. The van der Waals surface area contributed by atoms with Gasteiger partial charge >= 0.3 is 6.09 Å². The minimum absolute atomic E-state index is 0.0309. The van der Waals surface area contributed by atoms with E-state index in [9.17, 15) is 24.6 Å². The van der Waals surface area contributed by atoms with Crippen molar-refractivity contribution in [3.05, 3.63) is 0 Å². The van der Waals surface area contributed by atoms with Crippen molar-refractivity contribution < 1.29 is 24.6 Å². The Kier molecular flexibility index (Phi) is 5.37. The van der Waals surface area contributed by atoms with E-state index in [-0.39, 0.29) is 12.5 Å². The van der Waals surface area contributed by atoms with E-state index in [1.807, 2.05) is 0 Å². The summed E-state index contributed by atoms with van der Waals surface area (Å²) in [5.41, 5.74) is -0.810. The van der Waals surface area contributed by atoms with Crippen molar-refractivity contribution in [2.45, 2.75) is 57.7 Å². The zero-order chi connectivity index (χ0) is 18.1. The number of nitrogens with zero attached hydrogens (tertiary/aromatic N) is 3. The van der Waals surface area contributed by atoms with Crippen molar-refractivity contribution in [1.29, 1.82) is 0 Å². The Morgan fingerprint density at radius 1 is 1.21 bits per heavy atom. The molecule has 0 saturated carbocycles. The van der Waals surface area contributed by atoms with Crippen LogP contribution < -0.4 is 0 Å². The Labute approximate surface area is 142 Å². The van der Waals surface area contributed by atoms with Crippen LogP contribution >= 0.6 is 0 Å². The summed E-state index contributed by atoms with van der Waals surface area (Å²) in [5.74, 6) is -0.531. The lowest BCUT2D eigenvalue weighted by Crippen LogP contribution is -2.63. The van der Waals surface area contributed by atoms with E-state index in [4.69, 9.17) is 0 Å². The van der Waals surface area contributed by atoms with Crippen molar-refractivity contribution in [1.82, 2.24) is 14.7 Å². The number of carbonyl (C=O) groups is 3. The van der Waals surface area contributed by atoms with Gasteiger partial charge in [-0.1, -0.05) is 0 Å². The SMILES string of the molecule is CC(C)(C)N(C(=O)O)[C@@H](CN1CCCC1=O)C(O)C(=O)N1CCC1. The summed E-state index contributed by atoms with van der Waals surface area (Å²) in [7, 11) is 0. The van der Waals surface area contributed by atoms with Crippen molar-refractivity contribution in [3.8, 4) is 0 Å². The summed E-state index contributed by atoms with van der Waals surface area (Å²) in [6.45, 7) is 6.84. The number of hydrogen-bond acceptors (Lipinski definition) is 4. The molecule has 24 heavy (non-hydrogen) atoms. The van der Waals surface area contributed by atoms with Gasteiger partial charge in [0.05, 0.1) is 6.04 Å². The second-order valence-electron chi connectivity index (χ2n) is 7.46. The highest BCUT2D eigenvalue weighted by Gasteiger charge is 2.43. The van der Waals surface area contributed by atoms with E-state index < -0.39 is 29.7 Å². The smallest absolute Gasteiger partial charge is 0.408 e. The van der Waals surface area contributed by atoms with E-state index in [2.05, 4.69) is 0 Å². The van der Waals surface area contributed by atoms with Gasteiger partial charge in [-0.15, -0.1) is 0 Å². The van der Waals surface area contributed by atoms with Crippen LogP contribution in [0.1, 0.15) is 40.0 Å². The number of carboxylic acid groups (broad SMARTS) is 1. The standard InChI is InChI=1S/C16H27N3O5/c1-16(2,3)19(15(23)24)11(10-18-7-4-6-12(18)20)13(21)14(22)17-8-5-9-17/h11,13,21H,4-10H2,1-3H3,(H,23,24)/t11-,13?/m0/s1. The first-order valence-electron chi connectivity index (χ1n) is 8.40. The molecular formula is C16H27N3O5. The molecule has 0 aliphatic carbocycles. The summed E-state index contributed by atoms with van der Waals surface area (Å²) in [4.78, 5) is 40.3. The monoisotopic (exact) mass is 341 g/mol. The average Bonchev–Trinajstić information content (AvgIpc) is 2.78. The van der Waals surface area contributed by atoms with Gasteiger partial charge in [-0.2, -0.15) is 0 Å². The van der Waals surface area contributed by atoms with Crippen LogP contribution in [0.3, 0.4) is 0 Å². The van der Waals surface area contributed by atoms with E-state index in [0.29, 0.717) is 32.5 Å². The number of amides is 3. The molecule has 136 valence electrons. The Bertz CT molecular complexity index is 512. The molecule has 0 aromatic rings. The average molecular weight is 341 g/mol. The molecule has 2 fully saturated rings. The lowest BCUT2D eigenvalue weighted by molar-refractivity contribution is -0.149. The van der Waals surface area contributed by atoms with Crippen LogP contribution in [-0.4, -0.2) is 86.7 Å². The van der Waals surface area contributed by atoms with Gasteiger partial charge < -0.3 is 20.0 Å². The molecule has 2 N–H and O–H groups in total. The second kappa shape index (κ2) is 6.96. The lowest BCUT2D eigenvalue weighted by atomic mass is 9.98. The maximum absolute atomic E-state index is 12.4. The van der Waals surface area contributed by atoms with Gasteiger partial charge in [-0.3, -0.25) is 14.5 Å². The van der Waals surface area contributed by atoms with E-state index >= 15 is 0 Å². The van der Waals surface area contributed by atoms with Gasteiger partial charge in [0.2, 0.25) is 5.91 Å². The summed E-state index contributed by atoms with van der Waals surface area (Å²) >= 11 is 0. The molecule has 3 amide bonds. The lowest BCUT2D eigenvalue weighted by Gasteiger charge is -2.44. The third-order valence-electron chi connectivity index (χ3n) is 4.62. The third kappa shape index (κ3) is 3.80. The summed E-state index contributed by atoms with van der Waals surface area (Å²) in [5, 5.41) is 20.3. The Balaban J connectivity index is 2.26. The number of hydrogen-bond donors (Lipinski definition) is 2. The predicted octanol–water partition coefficient (Wildman–Crippen LogP) is 0.349. The summed E-state index contributed by atoms with van der Waals surface area (Å²) < 4.78 is 0. The molecule has 0 aromatic heterocycles. The van der Waals surface area contributed by atoms with Crippen molar-refractivity contribution >= 4 is 17.9 Å². The largest absolute Gasteiger partial charge is 0.465 e. The van der Waals surface area contributed by atoms with Crippen molar-refractivity contribution in [2.75, 3.05) is 26.2 Å². The second-order valence-corrected chi connectivity index (χ2v) is 7.46.